The summed E-state index contributed by atoms with van der Waals surface area (Å²) in [5.74, 6) is 0.249. The summed E-state index contributed by atoms with van der Waals surface area (Å²) in [6.45, 7) is 0.410. The molecule has 3 aromatic carbocycles. The van der Waals surface area contributed by atoms with Gasteiger partial charge in [-0.15, -0.1) is 0 Å². The van der Waals surface area contributed by atoms with Gasteiger partial charge in [-0.25, -0.2) is 18.4 Å². The molecule has 0 spiro atoms. The molecule has 0 unspecified atom stereocenters. The van der Waals surface area contributed by atoms with Crippen LogP contribution in [0.3, 0.4) is 0 Å². The highest BCUT2D eigenvalue weighted by molar-refractivity contribution is 9.10. The van der Waals surface area contributed by atoms with Crippen molar-refractivity contribution in [3.63, 3.8) is 0 Å². The second-order valence-corrected chi connectivity index (χ2v) is 9.81. The van der Waals surface area contributed by atoms with E-state index < -0.39 is 10.0 Å². The third-order valence-electron chi connectivity index (χ3n) is 4.83. The number of hydrogen-bond acceptors (Lipinski definition) is 5. The van der Waals surface area contributed by atoms with Gasteiger partial charge >= 0.3 is 0 Å². The number of unbranched alkanes of at least 4 members (excludes halogenated alkanes) is 1. The van der Waals surface area contributed by atoms with Gasteiger partial charge in [0.15, 0.2) is 0 Å². The summed E-state index contributed by atoms with van der Waals surface area (Å²) in [6.07, 6.45) is 2.71. The van der Waals surface area contributed by atoms with Gasteiger partial charge in [-0.2, -0.15) is 0 Å². The number of aromatic nitrogens is 2. The van der Waals surface area contributed by atoms with E-state index in [9.17, 15) is 8.42 Å². The van der Waals surface area contributed by atoms with Crippen LogP contribution in [0.4, 0.5) is 5.82 Å². The Bertz CT molecular complexity index is 1300. The number of benzene rings is 3. The molecule has 8 heteroatoms. The van der Waals surface area contributed by atoms with Crippen LogP contribution in [0.1, 0.15) is 18.4 Å². The van der Waals surface area contributed by atoms with Gasteiger partial charge in [0.05, 0.1) is 22.5 Å². The summed E-state index contributed by atoms with van der Waals surface area (Å²) >= 11 is 3.32. The van der Waals surface area contributed by atoms with E-state index in [0.29, 0.717) is 17.6 Å². The Kier molecular flexibility index (Phi) is 7.02. The Morgan fingerprint density at radius 2 is 1.47 bits per heavy atom. The lowest BCUT2D eigenvalue weighted by Gasteiger charge is -2.13. The fraction of sp³-hybridized carbons (Fsp3) is 0.167. The van der Waals surface area contributed by atoms with Crippen molar-refractivity contribution in [2.45, 2.75) is 24.2 Å². The van der Waals surface area contributed by atoms with Gasteiger partial charge in [-0.05, 0) is 61.2 Å². The minimum absolute atomic E-state index is 0.0784. The van der Waals surface area contributed by atoms with Crippen LogP contribution in [0, 0.1) is 0 Å². The smallest absolute Gasteiger partial charge is 0.263 e. The zero-order valence-electron chi connectivity index (χ0n) is 17.2. The number of anilines is 1. The molecule has 1 aromatic heterocycles. The molecule has 0 saturated heterocycles. The number of para-hydroxylation sites is 2. The van der Waals surface area contributed by atoms with Crippen molar-refractivity contribution < 1.29 is 13.2 Å². The van der Waals surface area contributed by atoms with Crippen molar-refractivity contribution >= 4 is 42.8 Å². The summed E-state index contributed by atoms with van der Waals surface area (Å²) in [5.41, 5.74) is 2.50. The van der Waals surface area contributed by atoms with Crippen molar-refractivity contribution in [1.82, 2.24) is 9.97 Å². The van der Waals surface area contributed by atoms with Gasteiger partial charge in [0.25, 0.3) is 15.9 Å². The lowest BCUT2D eigenvalue weighted by molar-refractivity contribution is 0.297. The molecule has 4 rings (SSSR count). The number of rotatable bonds is 9. The van der Waals surface area contributed by atoms with Crippen LogP contribution in [0.25, 0.3) is 11.0 Å². The molecule has 0 amide bonds. The summed E-state index contributed by atoms with van der Waals surface area (Å²) in [4.78, 5) is 9.10. The molecular formula is C24H22BrN3O3S. The first-order chi connectivity index (χ1) is 15.5. The maximum absolute atomic E-state index is 12.9. The van der Waals surface area contributed by atoms with Gasteiger partial charge < -0.3 is 4.74 Å². The average Bonchev–Trinajstić information content (AvgIpc) is 2.80. The Labute approximate surface area is 195 Å². The van der Waals surface area contributed by atoms with Crippen LogP contribution in [-0.2, 0) is 16.4 Å². The molecule has 0 aliphatic rings. The monoisotopic (exact) mass is 511 g/mol. The molecule has 0 radical (unpaired) electrons. The molecule has 0 fully saturated rings. The van der Waals surface area contributed by atoms with Crippen LogP contribution in [-0.4, -0.2) is 25.0 Å². The van der Waals surface area contributed by atoms with Crippen molar-refractivity contribution in [3.8, 4) is 5.88 Å². The van der Waals surface area contributed by atoms with Gasteiger partial charge in [0, 0.05) is 4.47 Å². The molecule has 0 bridgehead atoms. The van der Waals surface area contributed by atoms with Crippen LogP contribution in [0.2, 0.25) is 0 Å². The lowest BCUT2D eigenvalue weighted by Crippen LogP contribution is -2.16. The summed E-state index contributed by atoms with van der Waals surface area (Å²) in [5, 5.41) is 0. The number of ether oxygens (including phenoxy) is 1. The molecule has 164 valence electrons. The number of halogens is 1. The number of aryl methyl sites for hydroxylation is 1. The minimum atomic E-state index is -3.85. The second kappa shape index (κ2) is 10.1. The number of sulfonamides is 1. The summed E-state index contributed by atoms with van der Waals surface area (Å²) in [6, 6.07) is 23.9. The zero-order chi connectivity index (χ0) is 22.4. The Morgan fingerprint density at radius 1 is 0.812 bits per heavy atom. The SMILES string of the molecule is O=S(=O)(Nc1nc2ccccc2nc1OCCCCc1ccccc1)c1ccc(Br)cc1. The van der Waals surface area contributed by atoms with Crippen molar-refractivity contribution in [3.05, 3.63) is 88.9 Å². The van der Waals surface area contributed by atoms with Gasteiger partial charge in [0.1, 0.15) is 0 Å². The van der Waals surface area contributed by atoms with Crippen molar-refractivity contribution in [1.29, 1.82) is 0 Å². The Balaban J connectivity index is 1.50. The fourth-order valence-corrected chi connectivity index (χ4v) is 4.46. The van der Waals surface area contributed by atoms with E-state index in [0.717, 1.165) is 23.7 Å². The standard InChI is InChI=1S/C24H22BrN3O3S/c25-19-13-15-20(16-14-19)32(29,30)28-23-24(27-22-12-5-4-11-21(22)26-23)31-17-7-6-10-18-8-2-1-3-9-18/h1-5,8-9,11-16H,6-7,10,17H2,(H,26,28). The molecule has 1 N–H and O–H groups in total. The van der Waals surface area contributed by atoms with Gasteiger partial charge in [-0.1, -0.05) is 58.4 Å². The van der Waals surface area contributed by atoms with Crippen molar-refractivity contribution in [2.75, 3.05) is 11.3 Å². The minimum Gasteiger partial charge on any atom is -0.475 e. The van der Waals surface area contributed by atoms with E-state index in [1.54, 1.807) is 18.2 Å². The van der Waals surface area contributed by atoms with E-state index in [1.165, 1.54) is 17.7 Å². The largest absolute Gasteiger partial charge is 0.475 e. The molecule has 4 aromatic rings. The van der Waals surface area contributed by atoms with Crippen LogP contribution >= 0.6 is 15.9 Å². The Hall–Kier alpha value is -2.97. The van der Waals surface area contributed by atoms with Gasteiger partial charge in [0.2, 0.25) is 5.82 Å². The first-order valence-corrected chi connectivity index (χ1v) is 12.5. The summed E-state index contributed by atoms with van der Waals surface area (Å²) in [7, 11) is -3.85. The maximum atomic E-state index is 12.9. The van der Waals surface area contributed by atoms with E-state index >= 15 is 0 Å². The number of nitrogens with zero attached hydrogens (tertiary/aromatic N) is 2. The first-order valence-electron chi connectivity index (χ1n) is 10.2. The highest BCUT2D eigenvalue weighted by atomic mass is 79.9. The van der Waals surface area contributed by atoms with E-state index in [1.807, 2.05) is 36.4 Å². The molecule has 0 atom stereocenters. The highest BCUT2D eigenvalue weighted by Gasteiger charge is 2.19. The highest BCUT2D eigenvalue weighted by Crippen LogP contribution is 2.26. The summed E-state index contributed by atoms with van der Waals surface area (Å²) < 4.78 is 35.0. The van der Waals surface area contributed by atoms with Crippen LogP contribution < -0.4 is 9.46 Å². The predicted molar refractivity (Wildman–Crippen MR) is 129 cm³/mol. The zero-order valence-corrected chi connectivity index (χ0v) is 19.6. The van der Waals surface area contributed by atoms with Crippen molar-refractivity contribution in [2.24, 2.45) is 0 Å². The molecule has 6 nitrogen and oxygen atoms in total. The third-order valence-corrected chi connectivity index (χ3v) is 6.72. The van der Waals surface area contributed by atoms with Gasteiger partial charge in [-0.3, -0.25) is 4.72 Å². The molecule has 32 heavy (non-hydrogen) atoms. The normalized spacial score (nSPS) is 11.4. The van der Waals surface area contributed by atoms with Crippen LogP contribution in [0.15, 0.2) is 88.2 Å². The van der Waals surface area contributed by atoms with E-state index in [4.69, 9.17) is 4.74 Å². The first kappa shape index (κ1) is 22.2. The second-order valence-electron chi connectivity index (χ2n) is 7.22. The number of hydrogen-bond donors (Lipinski definition) is 1. The average molecular weight is 512 g/mol. The maximum Gasteiger partial charge on any atom is 0.263 e. The van der Waals surface area contributed by atoms with E-state index in [2.05, 4.69) is 42.8 Å². The van der Waals surface area contributed by atoms with E-state index in [-0.39, 0.29) is 16.6 Å². The Morgan fingerprint density at radius 3 is 2.19 bits per heavy atom. The molecule has 1 heterocycles. The topological polar surface area (TPSA) is 81.2 Å². The number of nitrogens with one attached hydrogen (secondary N) is 1. The predicted octanol–water partition coefficient (Wildman–Crippen LogP) is 5.59. The molecule has 0 aliphatic heterocycles. The quantitative estimate of drug-likeness (QED) is 0.296. The third kappa shape index (κ3) is 5.63. The molecule has 0 aliphatic carbocycles. The van der Waals surface area contributed by atoms with Crippen LogP contribution in [0.5, 0.6) is 5.88 Å². The number of fused-ring (bicyclic) bond motifs is 1. The molecular weight excluding hydrogens is 490 g/mol. The molecule has 0 saturated carbocycles. The fourth-order valence-electron chi connectivity index (χ4n) is 3.20. The lowest BCUT2D eigenvalue weighted by atomic mass is 10.1.